The van der Waals surface area contributed by atoms with E-state index >= 15 is 0 Å². The van der Waals surface area contributed by atoms with Crippen molar-refractivity contribution in [3.63, 3.8) is 0 Å². The molecule has 0 amide bonds. The van der Waals surface area contributed by atoms with Gasteiger partial charge in [-0.1, -0.05) is 58.4 Å². The van der Waals surface area contributed by atoms with Crippen molar-refractivity contribution in [1.29, 1.82) is 0 Å². The van der Waals surface area contributed by atoms with Crippen LogP contribution in [-0.2, 0) is 6.61 Å². The predicted molar refractivity (Wildman–Crippen MR) is 90.1 cm³/mol. The van der Waals surface area contributed by atoms with Gasteiger partial charge in [-0.3, -0.25) is 0 Å². The number of rotatable bonds is 3. The van der Waals surface area contributed by atoms with Crippen molar-refractivity contribution in [2.75, 3.05) is 0 Å². The van der Waals surface area contributed by atoms with Crippen LogP contribution in [0.1, 0.15) is 5.56 Å². The van der Waals surface area contributed by atoms with E-state index in [1.165, 1.54) is 5.39 Å². The normalized spacial score (nSPS) is 10.7. The molecule has 0 aliphatic carbocycles. The van der Waals surface area contributed by atoms with Crippen molar-refractivity contribution in [3.05, 3.63) is 75.2 Å². The lowest BCUT2D eigenvalue weighted by atomic mass is 10.1. The number of halogens is 2. The summed E-state index contributed by atoms with van der Waals surface area (Å²) in [6, 6.07) is 20.5. The quantitative estimate of drug-likeness (QED) is 0.536. The summed E-state index contributed by atoms with van der Waals surface area (Å²) >= 11 is 7.13. The third-order valence-corrected chi connectivity index (χ3v) is 4.43. The predicted octanol–water partition coefficient (Wildman–Crippen LogP) is 5.94. The second-order valence-corrected chi connectivity index (χ2v) is 6.23. The van der Waals surface area contributed by atoms with Gasteiger partial charge >= 0.3 is 0 Å². The van der Waals surface area contributed by atoms with Crippen LogP contribution in [0.25, 0.3) is 10.8 Å². The van der Waals surface area contributed by atoms with Crippen molar-refractivity contribution in [1.82, 2.24) is 0 Å². The largest absolute Gasteiger partial charge is 0.488 e. The maximum Gasteiger partial charge on any atom is 0.134 e. The molecular formula is C17H12Br2O. The van der Waals surface area contributed by atoms with Crippen LogP contribution in [-0.4, -0.2) is 0 Å². The Kier molecular flexibility index (Phi) is 4.08. The van der Waals surface area contributed by atoms with Gasteiger partial charge in [0.15, 0.2) is 0 Å². The highest BCUT2D eigenvalue weighted by atomic mass is 79.9. The van der Waals surface area contributed by atoms with Gasteiger partial charge in [0.1, 0.15) is 12.4 Å². The molecule has 0 aromatic heterocycles. The lowest BCUT2D eigenvalue weighted by molar-refractivity contribution is 0.305. The summed E-state index contributed by atoms with van der Waals surface area (Å²) in [5.41, 5.74) is 1.16. The lowest BCUT2D eigenvalue weighted by Gasteiger charge is -2.10. The fourth-order valence-corrected chi connectivity index (χ4v) is 3.08. The third kappa shape index (κ3) is 2.89. The first-order valence-corrected chi connectivity index (χ1v) is 7.87. The molecule has 0 heterocycles. The molecule has 0 spiro atoms. The van der Waals surface area contributed by atoms with E-state index in [2.05, 4.69) is 62.2 Å². The Bertz CT molecular complexity index is 739. The SMILES string of the molecule is Brc1ccc2c(Br)c(OCc3ccccc3)ccc2c1. The van der Waals surface area contributed by atoms with E-state index in [-0.39, 0.29) is 0 Å². The summed E-state index contributed by atoms with van der Waals surface area (Å²) in [4.78, 5) is 0. The van der Waals surface area contributed by atoms with Crippen LogP contribution in [0.5, 0.6) is 5.75 Å². The smallest absolute Gasteiger partial charge is 0.134 e. The first-order valence-electron chi connectivity index (χ1n) is 6.28. The Labute approximate surface area is 134 Å². The molecule has 3 heteroatoms. The maximum atomic E-state index is 5.90. The van der Waals surface area contributed by atoms with Gasteiger partial charge in [-0.05, 0) is 50.5 Å². The molecule has 3 aromatic rings. The Hall–Kier alpha value is -1.32. The van der Waals surface area contributed by atoms with Gasteiger partial charge in [-0.25, -0.2) is 0 Å². The van der Waals surface area contributed by atoms with Crippen LogP contribution in [0.2, 0.25) is 0 Å². The molecular weight excluding hydrogens is 380 g/mol. The number of hydrogen-bond donors (Lipinski definition) is 0. The van der Waals surface area contributed by atoms with E-state index in [4.69, 9.17) is 4.74 Å². The van der Waals surface area contributed by atoms with Crippen LogP contribution >= 0.6 is 31.9 Å². The molecule has 100 valence electrons. The summed E-state index contributed by atoms with van der Waals surface area (Å²) in [5.74, 6) is 0.865. The second kappa shape index (κ2) is 5.98. The van der Waals surface area contributed by atoms with Gasteiger partial charge in [0.2, 0.25) is 0 Å². The van der Waals surface area contributed by atoms with E-state index in [1.807, 2.05) is 30.3 Å². The standard InChI is InChI=1S/C17H12Br2O/c18-14-7-8-15-13(10-14)6-9-16(17(15)19)20-11-12-4-2-1-3-5-12/h1-10H,11H2. The summed E-state index contributed by atoms with van der Waals surface area (Å²) in [5, 5.41) is 2.33. The van der Waals surface area contributed by atoms with Crippen LogP contribution in [0, 0.1) is 0 Å². The molecule has 0 radical (unpaired) electrons. The van der Waals surface area contributed by atoms with Crippen molar-refractivity contribution in [2.45, 2.75) is 6.61 Å². The zero-order chi connectivity index (χ0) is 13.9. The van der Waals surface area contributed by atoms with Crippen LogP contribution in [0.4, 0.5) is 0 Å². The van der Waals surface area contributed by atoms with E-state index in [0.717, 1.165) is 25.6 Å². The molecule has 0 aliphatic heterocycles. The minimum atomic E-state index is 0.571. The highest BCUT2D eigenvalue weighted by Gasteiger charge is 2.06. The van der Waals surface area contributed by atoms with Gasteiger partial charge in [0.25, 0.3) is 0 Å². The van der Waals surface area contributed by atoms with E-state index in [1.54, 1.807) is 0 Å². The maximum absolute atomic E-state index is 5.90. The number of benzene rings is 3. The summed E-state index contributed by atoms with van der Waals surface area (Å²) in [6.45, 7) is 0.571. The summed E-state index contributed by atoms with van der Waals surface area (Å²) < 4.78 is 7.98. The second-order valence-electron chi connectivity index (χ2n) is 4.52. The third-order valence-electron chi connectivity index (χ3n) is 3.12. The fourth-order valence-electron chi connectivity index (χ4n) is 2.09. The molecule has 0 unspecified atom stereocenters. The van der Waals surface area contributed by atoms with Crippen molar-refractivity contribution in [2.24, 2.45) is 0 Å². The average Bonchev–Trinajstić information content (AvgIpc) is 2.47. The van der Waals surface area contributed by atoms with E-state index in [0.29, 0.717) is 6.61 Å². The number of fused-ring (bicyclic) bond motifs is 1. The van der Waals surface area contributed by atoms with Crippen molar-refractivity contribution >= 4 is 42.6 Å². The molecule has 0 fully saturated rings. The molecule has 0 aliphatic rings. The summed E-state index contributed by atoms with van der Waals surface area (Å²) in [6.07, 6.45) is 0. The Morgan fingerprint density at radius 1 is 0.850 bits per heavy atom. The van der Waals surface area contributed by atoms with Gasteiger partial charge in [0, 0.05) is 4.47 Å². The molecule has 0 saturated carbocycles. The first-order chi connectivity index (χ1) is 9.74. The number of ether oxygens (including phenoxy) is 1. The van der Waals surface area contributed by atoms with Crippen molar-refractivity contribution < 1.29 is 4.74 Å². The Morgan fingerprint density at radius 3 is 2.45 bits per heavy atom. The van der Waals surface area contributed by atoms with Gasteiger partial charge < -0.3 is 4.74 Å². The van der Waals surface area contributed by atoms with Gasteiger partial charge in [0.05, 0.1) is 4.47 Å². The molecule has 3 aromatic carbocycles. The fraction of sp³-hybridized carbons (Fsp3) is 0.0588. The van der Waals surface area contributed by atoms with Crippen LogP contribution < -0.4 is 4.74 Å². The zero-order valence-electron chi connectivity index (χ0n) is 10.6. The first kappa shape index (κ1) is 13.7. The molecule has 0 N–H and O–H groups in total. The minimum Gasteiger partial charge on any atom is -0.488 e. The zero-order valence-corrected chi connectivity index (χ0v) is 13.8. The highest BCUT2D eigenvalue weighted by Crippen LogP contribution is 2.34. The van der Waals surface area contributed by atoms with Gasteiger partial charge in [-0.15, -0.1) is 0 Å². The molecule has 0 saturated heterocycles. The lowest BCUT2D eigenvalue weighted by Crippen LogP contribution is -1.95. The van der Waals surface area contributed by atoms with E-state index < -0.39 is 0 Å². The number of hydrogen-bond acceptors (Lipinski definition) is 1. The van der Waals surface area contributed by atoms with Crippen LogP contribution in [0.3, 0.4) is 0 Å². The minimum absolute atomic E-state index is 0.571. The molecule has 0 bridgehead atoms. The Morgan fingerprint density at radius 2 is 1.65 bits per heavy atom. The average molecular weight is 392 g/mol. The highest BCUT2D eigenvalue weighted by molar-refractivity contribution is 9.11. The topological polar surface area (TPSA) is 9.23 Å². The Balaban J connectivity index is 1.89. The monoisotopic (exact) mass is 390 g/mol. The van der Waals surface area contributed by atoms with Crippen LogP contribution in [0.15, 0.2) is 69.6 Å². The van der Waals surface area contributed by atoms with Gasteiger partial charge in [-0.2, -0.15) is 0 Å². The molecule has 3 rings (SSSR count). The van der Waals surface area contributed by atoms with Crippen molar-refractivity contribution in [3.8, 4) is 5.75 Å². The van der Waals surface area contributed by atoms with E-state index in [9.17, 15) is 0 Å². The molecule has 0 atom stereocenters. The molecule has 1 nitrogen and oxygen atoms in total. The summed E-state index contributed by atoms with van der Waals surface area (Å²) in [7, 11) is 0. The molecule has 20 heavy (non-hydrogen) atoms.